The van der Waals surface area contributed by atoms with Gasteiger partial charge in [0.05, 0.1) is 13.2 Å². The van der Waals surface area contributed by atoms with Crippen LogP contribution in [0.25, 0.3) is 0 Å². The van der Waals surface area contributed by atoms with Crippen molar-refractivity contribution in [2.45, 2.75) is 39.5 Å². The van der Waals surface area contributed by atoms with E-state index >= 15 is 0 Å². The molecular weight excluding hydrogens is 232 g/mol. The zero-order valence-electron chi connectivity index (χ0n) is 11.2. The molecule has 0 aliphatic heterocycles. The summed E-state index contributed by atoms with van der Waals surface area (Å²) in [6.07, 6.45) is 5.74. The first kappa shape index (κ1) is 14.7. The van der Waals surface area contributed by atoms with Crippen LogP contribution in [0.15, 0.2) is 12.7 Å². The molecule has 0 saturated heterocycles. The van der Waals surface area contributed by atoms with Gasteiger partial charge in [0.25, 0.3) is 0 Å². The molecule has 1 aliphatic rings. The summed E-state index contributed by atoms with van der Waals surface area (Å²) in [5.74, 6) is -0.0360. The Hall–Kier alpha value is -1.32. The lowest BCUT2D eigenvalue weighted by Crippen LogP contribution is -2.11. The van der Waals surface area contributed by atoms with E-state index in [4.69, 9.17) is 9.47 Å². The largest absolute Gasteiger partial charge is 0.466 e. The van der Waals surface area contributed by atoms with Crippen LogP contribution >= 0.6 is 0 Å². The Labute approximate surface area is 108 Å². The molecule has 0 heterocycles. The number of hydrogen-bond donors (Lipinski definition) is 0. The van der Waals surface area contributed by atoms with Gasteiger partial charge in [0.15, 0.2) is 0 Å². The van der Waals surface area contributed by atoms with Crippen LogP contribution in [0, 0.1) is 11.3 Å². The molecule has 102 valence electrons. The summed E-state index contributed by atoms with van der Waals surface area (Å²) in [4.78, 5) is 21.4. The van der Waals surface area contributed by atoms with Gasteiger partial charge in [-0.2, -0.15) is 0 Å². The molecule has 0 spiro atoms. The third-order valence-electron chi connectivity index (χ3n) is 3.52. The minimum atomic E-state index is -0.236. The smallest absolute Gasteiger partial charge is 0.302 e. The van der Waals surface area contributed by atoms with E-state index in [0.29, 0.717) is 19.1 Å². The molecule has 1 fully saturated rings. The van der Waals surface area contributed by atoms with Crippen molar-refractivity contribution >= 4 is 11.9 Å². The zero-order valence-corrected chi connectivity index (χ0v) is 11.2. The summed E-state index contributed by atoms with van der Waals surface area (Å²) in [6.45, 7) is 7.59. The Morgan fingerprint density at radius 3 is 2.56 bits per heavy atom. The third-order valence-corrected chi connectivity index (χ3v) is 3.52. The maximum atomic E-state index is 10.8. The Bertz CT molecular complexity index is 324. The van der Waals surface area contributed by atoms with Gasteiger partial charge in [-0.25, -0.2) is 0 Å². The number of allylic oxidation sites excluding steroid dienone is 1. The Kier molecular flexibility index (Phi) is 5.38. The minimum Gasteiger partial charge on any atom is -0.466 e. The Balaban J connectivity index is 2.30. The van der Waals surface area contributed by atoms with E-state index < -0.39 is 0 Å². The van der Waals surface area contributed by atoms with Crippen LogP contribution in [-0.2, 0) is 19.1 Å². The monoisotopic (exact) mass is 254 g/mol. The zero-order chi connectivity index (χ0) is 13.6. The Morgan fingerprint density at radius 1 is 1.33 bits per heavy atom. The number of carbonyl (C=O) groups excluding carboxylic acids is 2. The van der Waals surface area contributed by atoms with Crippen molar-refractivity contribution in [3.8, 4) is 0 Å². The number of carbonyl (C=O) groups is 2. The molecule has 0 N–H and O–H groups in total. The summed E-state index contributed by atoms with van der Waals surface area (Å²) in [7, 11) is 0. The van der Waals surface area contributed by atoms with Crippen LogP contribution in [0.4, 0.5) is 0 Å². The standard InChI is InChI=1S/C14H22O4/c1-4-6-14(7-5-8-17-11(2)15)9-13(14)10-18-12(3)16/h4,13H,1,5-10H2,2-3H3/t13-,14?/m0/s1. The number of rotatable bonds is 8. The van der Waals surface area contributed by atoms with Crippen LogP contribution in [0.2, 0.25) is 0 Å². The van der Waals surface area contributed by atoms with E-state index in [2.05, 4.69) is 6.58 Å². The Morgan fingerprint density at radius 2 is 2.00 bits per heavy atom. The summed E-state index contributed by atoms with van der Waals surface area (Å²) in [5, 5.41) is 0. The lowest BCUT2D eigenvalue weighted by atomic mass is 9.93. The van der Waals surface area contributed by atoms with Gasteiger partial charge in [-0.15, -0.1) is 6.58 Å². The van der Waals surface area contributed by atoms with Crippen LogP contribution in [-0.4, -0.2) is 25.2 Å². The fourth-order valence-corrected chi connectivity index (χ4v) is 2.47. The van der Waals surface area contributed by atoms with Gasteiger partial charge in [-0.05, 0) is 37.0 Å². The normalized spacial score (nSPS) is 25.3. The van der Waals surface area contributed by atoms with Crippen LogP contribution in [0.1, 0.15) is 39.5 Å². The molecular formula is C14H22O4. The van der Waals surface area contributed by atoms with Gasteiger partial charge in [-0.3, -0.25) is 9.59 Å². The van der Waals surface area contributed by atoms with Crippen molar-refractivity contribution in [3.05, 3.63) is 12.7 Å². The predicted octanol–water partition coefficient (Wildman–Crippen LogP) is 2.48. The maximum absolute atomic E-state index is 10.8. The third kappa shape index (κ3) is 4.51. The van der Waals surface area contributed by atoms with E-state index in [1.807, 2.05) is 6.08 Å². The van der Waals surface area contributed by atoms with E-state index in [9.17, 15) is 9.59 Å². The van der Waals surface area contributed by atoms with Crippen LogP contribution in [0.5, 0.6) is 0 Å². The second-order valence-corrected chi connectivity index (χ2v) is 5.00. The van der Waals surface area contributed by atoms with Gasteiger partial charge >= 0.3 is 11.9 Å². The van der Waals surface area contributed by atoms with Crippen molar-refractivity contribution in [1.29, 1.82) is 0 Å². The molecule has 0 aromatic rings. The fraction of sp³-hybridized carbons (Fsp3) is 0.714. The van der Waals surface area contributed by atoms with Gasteiger partial charge in [0, 0.05) is 13.8 Å². The van der Waals surface area contributed by atoms with Crippen molar-refractivity contribution in [2.24, 2.45) is 11.3 Å². The van der Waals surface area contributed by atoms with Gasteiger partial charge in [0.2, 0.25) is 0 Å². The fourth-order valence-electron chi connectivity index (χ4n) is 2.47. The van der Waals surface area contributed by atoms with Crippen LogP contribution < -0.4 is 0 Å². The second-order valence-electron chi connectivity index (χ2n) is 5.00. The highest BCUT2D eigenvalue weighted by atomic mass is 16.5. The summed E-state index contributed by atoms with van der Waals surface area (Å²) >= 11 is 0. The quantitative estimate of drug-likeness (QED) is 0.379. The highest BCUT2D eigenvalue weighted by molar-refractivity contribution is 5.66. The highest BCUT2D eigenvalue weighted by Crippen LogP contribution is 2.58. The van der Waals surface area contributed by atoms with E-state index in [-0.39, 0.29) is 17.4 Å². The molecule has 2 atom stereocenters. The molecule has 0 amide bonds. The second kappa shape index (κ2) is 6.57. The summed E-state index contributed by atoms with van der Waals surface area (Å²) in [5.41, 5.74) is 0.206. The first-order valence-electron chi connectivity index (χ1n) is 6.38. The van der Waals surface area contributed by atoms with Crippen molar-refractivity contribution in [1.82, 2.24) is 0 Å². The SMILES string of the molecule is C=CCC1(CCCOC(C)=O)C[C@H]1COC(C)=O. The molecule has 0 bridgehead atoms. The first-order chi connectivity index (χ1) is 8.50. The first-order valence-corrected chi connectivity index (χ1v) is 6.38. The lowest BCUT2D eigenvalue weighted by Gasteiger charge is -2.15. The van der Waals surface area contributed by atoms with Gasteiger partial charge in [-0.1, -0.05) is 6.08 Å². The lowest BCUT2D eigenvalue weighted by molar-refractivity contribution is -0.142. The van der Waals surface area contributed by atoms with Crippen LogP contribution in [0.3, 0.4) is 0 Å². The van der Waals surface area contributed by atoms with E-state index in [1.54, 1.807) is 0 Å². The number of ether oxygens (including phenoxy) is 2. The molecule has 0 aromatic heterocycles. The molecule has 4 nitrogen and oxygen atoms in total. The molecule has 1 rings (SSSR count). The maximum Gasteiger partial charge on any atom is 0.302 e. The number of hydrogen-bond acceptors (Lipinski definition) is 4. The molecule has 0 aromatic carbocycles. The van der Waals surface area contributed by atoms with Crippen molar-refractivity contribution < 1.29 is 19.1 Å². The van der Waals surface area contributed by atoms with Crippen molar-refractivity contribution in [3.63, 3.8) is 0 Å². The highest BCUT2D eigenvalue weighted by Gasteiger charge is 2.52. The van der Waals surface area contributed by atoms with Crippen molar-refractivity contribution in [2.75, 3.05) is 13.2 Å². The summed E-state index contributed by atoms with van der Waals surface area (Å²) in [6, 6.07) is 0. The van der Waals surface area contributed by atoms with Gasteiger partial charge in [0.1, 0.15) is 0 Å². The molecule has 1 aliphatic carbocycles. The van der Waals surface area contributed by atoms with E-state index in [1.165, 1.54) is 13.8 Å². The van der Waals surface area contributed by atoms with E-state index in [0.717, 1.165) is 25.7 Å². The van der Waals surface area contributed by atoms with Gasteiger partial charge < -0.3 is 9.47 Å². The topological polar surface area (TPSA) is 52.6 Å². The number of esters is 2. The molecule has 1 unspecified atom stereocenters. The molecule has 0 radical (unpaired) electrons. The minimum absolute atomic E-state index is 0.206. The summed E-state index contributed by atoms with van der Waals surface area (Å²) < 4.78 is 9.98. The molecule has 4 heteroatoms. The average molecular weight is 254 g/mol. The molecule has 1 saturated carbocycles. The predicted molar refractivity (Wildman–Crippen MR) is 67.9 cm³/mol. The molecule has 18 heavy (non-hydrogen) atoms. The average Bonchev–Trinajstić information content (AvgIpc) is 2.96.